The van der Waals surface area contributed by atoms with Crippen LogP contribution >= 0.6 is 0 Å². The molecule has 3 rings (SSSR count). The standard InChI is InChI=1S/C17H20FN5O/c1-12-10-20-17(21-11-15(24)23-8-6-19-7-9-23)22-16(12)13-4-2-3-5-14(13)18/h2-5,10,19H,6-9,11H2,1H3,(H,20,21,22). The van der Waals surface area contributed by atoms with Gasteiger partial charge in [0.15, 0.2) is 0 Å². The van der Waals surface area contributed by atoms with E-state index < -0.39 is 0 Å². The quantitative estimate of drug-likeness (QED) is 0.888. The Labute approximate surface area is 140 Å². The largest absolute Gasteiger partial charge is 0.345 e. The smallest absolute Gasteiger partial charge is 0.242 e. The van der Waals surface area contributed by atoms with Crippen LogP contribution in [0.1, 0.15) is 5.56 Å². The van der Waals surface area contributed by atoms with Crippen molar-refractivity contribution in [1.82, 2.24) is 20.2 Å². The first-order chi connectivity index (χ1) is 11.6. The number of nitrogens with zero attached hydrogens (tertiary/aromatic N) is 3. The molecule has 1 amide bonds. The molecule has 6 nitrogen and oxygen atoms in total. The number of hydrogen-bond acceptors (Lipinski definition) is 5. The van der Waals surface area contributed by atoms with E-state index in [1.54, 1.807) is 29.3 Å². The van der Waals surface area contributed by atoms with Crippen LogP contribution in [0.15, 0.2) is 30.5 Å². The molecule has 2 N–H and O–H groups in total. The highest BCUT2D eigenvalue weighted by Crippen LogP contribution is 2.24. The number of nitrogens with one attached hydrogen (secondary N) is 2. The molecule has 1 aliphatic rings. The number of anilines is 1. The van der Waals surface area contributed by atoms with E-state index in [1.807, 2.05) is 6.92 Å². The van der Waals surface area contributed by atoms with E-state index in [1.165, 1.54) is 6.07 Å². The number of rotatable bonds is 4. The summed E-state index contributed by atoms with van der Waals surface area (Å²) in [6.45, 7) is 4.98. The summed E-state index contributed by atoms with van der Waals surface area (Å²) in [6.07, 6.45) is 1.63. The van der Waals surface area contributed by atoms with Crippen LogP contribution in [-0.2, 0) is 4.79 Å². The van der Waals surface area contributed by atoms with Gasteiger partial charge < -0.3 is 15.5 Å². The van der Waals surface area contributed by atoms with E-state index in [2.05, 4.69) is 20.6 Å². The van der Waals surface area contributed by atoms with Crippen molar-refractivity contribution in [2.24, 2.45) is 0 Å². The first-order valence-corrected chi connectivity index (χ1v) is 7.96. The first kappa shape index (κ1) is 16.3. The number of aryl methyl sites for hydroxylation is 1. The summed E-state index contributed by atoms with van der Waals surface area (Å²) in [7, 11) is 0. The molecule has 1 aromatic carbocycles. The van der Waals surface area contributed by atoms with Crippen molar-refractivity contribution in [3.8, 4) is 11.3 Å². The van der Waals surface area contributed by atoms with Gasteiger partial charge in [-0.3, -0.25) is 4.79 Å². The fourth-order valence-corrected chi connectivity index (χ4v) is 2.63. The molecule has 1 saturated heterocycles. The second-order valence-electron chi connectivity index (χ2n) is 5.69. The molecule has 0 spiro atoms. The number of carbonyl (C=O) groups is 1. The molecule has 1 fully saturated rings. The van der Waals surface area contributed by atoms with Gasteiger partial charge in [-0.2, -0.15) is 0 Å². The van der Waals surface area contributed by atoms with Crippen LogP contribution in [0.25, 0.3) is 11.3 Å². The Morgan fingerprint density at radius 3 is 2.83 bits per heavy atom. The molecule has 1 aliphatic heterocycles. The summed E-state index contributed by atoms with van der Waals surface area (Å²) in [5.41, 5.74) is 1.73. The zero-order chi connectivity index (χ0) is 16.9. The monoisotopic (exact) mass is 329 g/mol. The van der Waals surface area contributed by atoms with Gasteiger partial charge in [0.25, 0.3) is 0 Å². The Balaban J connectivity index is 1.72. The van der Waals surface area contributed by atoms with E-state index >= 15 is 0 Å². The number of piperazine rings is 1. The average Bonchev–Trinajstić information content (AvgIpc) is 2.62. The van der Waals surface area contributed by atoms with E-state index in [0.29, 0.717) is 30.3 Å². The lowest BCUT2D eigenvalue weighted by atomic mass is 10.1. The van der Waals surface area contributed by atoms with Crippen molar-refractivity contribution >= 4 is 11.9 Å². The maximum absolute atomic E-state index is 14.0. The van der Waals surface area contributed by atoms with Gasteiger partial charge >= 0.3 is 0 Å². The maximum Gasteiger partial charge on any atom is 0.242 e. The first-order valence-electron chi connectivity index (χ1n) is 7.96. The molecule has 0 radical (unpaired) electrons. The van der Waals surface area contributed by atoms with Crippen LogP contribution in [-0.4, -0.2) is 53.5 Å². The van der Waals surface area contributed by atoms with Crippen LogP contribution in [0.4, 0.5) is 10.3 Å². The van der Waals surface area contributed by atoms with Gasteiger partial charge in [-0.15, -0.1) is 0 Å². The summed E-state index contributed by atoms with van der Waals surface area (Å²) in [4.78, 5) is 22.5. The number of benzene rings is 1. The van der Waals surface area contributed by atoms with Crippen LogP contribution in [0.2, 0.25) is 0 Å². The minimum atomic E-state index is -0.331. The molecule has 0 unspecified atom stereocenters. The minimum Gasteiger partial charge on any atom is -0.345 e. The third-order valence-electron chi connectivity index (χ3n) is 3.97. The van der Waals surface area contributed by atoms with Crippen LogP contribution < -0.4 is 10.6 Å². The predicted octanol–water partition coefficient (Wildman–Crippen LogP) is 1.43. The number of hydrogen-bond donors (Lipinski definition) is 2. The summed E-state index contributed by atoms with van der Waals surface area (Å²) in [5.74, 6) is -0.00222. The lowest BCUT2D eigenvalue weighted by Crippen LogP contribution is -2.48. The molecule has 1 aromatic heterocycles. The molecule has 7 heteroatoms. The molecule has 24 heavy (non-hydrogen) atoms. The molecule has 0 aliphatic carbocycles. The Kier molecular flexibility index (Phi) is 5.00. The summed E-state index contributed by atoms with van der Waals surface area (Å²) in [5, 5.41) is 6.15. The maximum atomic E-state index is 14.0. The topological polar surface area (TPSA) is 70.2 Å². The van der Waals surface area contributed by atoms with Gasteiger partial charge in [0.2, 0.25) is 11.9 Å². The average molecular weight is 329 g/mol. The third-order valence-corrected chi connectivity index (χ3v) is 3.97. The fourth-order valence-electron chi connectivity index (χ4n) is 2.63. The molecule has 126 valence electrons. The van der Waals surface area contributed by atoms with Crippen molar-refractivity contribution in [2.75, 3.05) is 38.0 Å². The number of aromatic nitrogens is 2. The van der Waals surface area contributed by atoms with Gasteiger partial charge in [-0.1, -0.05) is 12.1 Å². The molecule has 2 aromatic rings. The second-order valence-corrected chi connectivity index (χ2v) is 5.69. The van der Waals surface area contributed by atoms with Crippen LogP contribution in [0.3, 0.4) is 0 Å². The van der Waals surface area contributed by atoms with Gasteiger partial charge in [-0.05, 0) is 24.6 Å². The highest BCUT2D eigenvalue weighted by Gasteiger charge is 2.16. The molecule has 0 atom stereocenters. The lowest BCUT2D eigenvalue weighted by molar-refractivity contribution is -0.129. The third kappa shape index (κ3) is 3.68. The lowest BCUT2D eigenvalue weighted by Gasteiger charge is -2.27. The Morgan fingerprint density at radius 2 is 2.08 bits per heavy atom. The highest BCUT2D eigenvalue weighted by atomic mass is 19.1. The molecule has 0 saturated carbocycles. The SMILES string of the molecule is Cc1cnc(NCC(=O)N2CCNCC2)nc1-c1ccccc1F. The molecule has 2 heterocycles. The van der Waals surface area contributed by atoms with Gasteiger partial charge in [-0.25, -0.2) is 14.4 Å². The molecule has 0 bridgehead atoms. The van der Waals surface area contributed by atoms with E-state index in [4.69, 9.17) is 0 Å². The number of halogens is 1. The second kappa shape index (κ2) is 7.35. The molecular weight excluding hydrogens is 309 g/mol. The fraction of sp³-hybridized carbons (Fsp3) is 0.353. The van der Waals surface area contributed by atoms with E-state index in [0.717, 1.165) is 18.7 Å². The van der Waals surface area contributed by atoms with Crippen LogP contribution in [0, 0.1) is 12.7 Å². The van der Waals surface area contributed by atoms with Crippen molar-refractivity contribution < 1.29 is 9.18 Å². The Bertz CT molecular complexity index is 731. The summed E-state index contributed by atoms with van der Waals surface area (Å²) >= 11 is 0. The van der Waals surface area contributed by atoms with Gasteiger partial charge in [0.05, 0.1) is 12.2 Å². The van der Waals surface area contributed by atoms with E-state index in [9.17, 15) is 9.18 Å². The van der Waals surface area contributed by atoms with Crippen molar-refractivity contribution in [2.45, 2.75) is 6.92 Å². The van der Waals surface area contributed by atoms with E-state index in [-0.39, 0.29) is 18.3 Å². The zero-order valence-electron chi connectivity index (χ0n) is 13.6. The highest BCUT2D eigenvalue weighted by molar-refractivity contribution is 5.80. The number of amides is 1. The van der Waals surface area contributed by atoms with Gasteiger partial charge in [0, 0.05) is 37.9 Å². The minimum absolute atomic E-state index is 0.00752. The van der Waals surface area contributed by atoms with Crippen molar-refractivity contribution in [1.29, 1.82) is 0 Å². The predicted molar refractivity (Wildman–Crippen MR) is 90.1 cm³/mol. The van der Waals surface area contributed by atoms with Gasteiger partial charge in [0.1, 0.15) is 5.82 Å². The van der Waals surface area contributed by atoms with Crippen LogP contribution in [0.5, 0.6) is 0 Å². The Morgan fingerprint density at radius 1 is 1.33 bits per heavy atom. The zero-order valence-corrected chi connectivity index (χ0v) is 13.6. The van der Waals surface area contributed by atoms with Crippen molar-refractivity contribution in [3.05, 3.63) is 41.8 Å². The number of carbonyl (C=O) groups excluding carboxylic acids is 1. The van der Waals surface area contributed by atoms with Crippen molar-refractivity contribution in [3.63, 3.8) is 0 Å². The molecular formula is C17H20FN5O. The Hall–Kier alpha value is -2.54. The summed E-state index contributed by atoms with van der Waals surface area (Å²) < 4.78 is 14.0. The summed E-state index contributed by atoms with van der Waals surface area (Å²) in [6, 6.07) is 6.49. The normalized spacial score (nSPS) is 14.5.